The standard InChI is InChI=1S/C21H20ClN3O2/c1-27-19-8-6-18(7-9-19)25-20-10-5-16(14-24-20)21(26)23-12-11-15-3-2-4-17(22)13-15/h2-10,13-14H,11-12H2,1H3,(H,23,26)(H,24,25). The molecule has 27 heavy (non-hydrogen) atoms. The third-order valence-electron chi connectivity index (χ3n) is 3.98. The fourth-order valence-electron chi connectivity index (χ4n) is 2.54. The Morgan fingerprint density at radius 3 is 2.59 bits per heavy atom. The lowest BCUT2D eigenvalue weighted by molar-refractivity contribution is 0.0954. The van der Waals surface area contributed by atoms with Gasteiger partial charge in [0.1, 0.15) is 11.6 Å². The summed E-state index contributed by atoms with van der Waals surface area (Å²) in [5.74, 6) is 1.30. The second kappa shape index (κ2) is 9.05. The van der Waals surface area contributed by atoms with Crippen molar-refractivity contribution in [3.63, 3.8) is 0 Å². The van der Waals surface area contributed by atoms with Gasteiger partial charge < -0.3 is 15.4 Å². The van der Waals surface area contributed by atoms with E-state index in [1.54, 1.807) is 25.4 Å². The van der Waals surface area contributed by atoms with E-state index in [1.165, 1.54) is 0 Å². The van der Waals surface area contributed by atoms with Crippen LogP contribution in [0.1, 0.15) is 15.9 Å². The molecule has 0 aliphatic rings. The molecule has 0 aliphatic heterocycles. The molecule has 5 nitrogen and oxygen atoms in total. The zero-order valence-electron chi connectivity index (χ0n) is 14.9. The minimum atomic E-state index is -0.152. The molecule has 0 saturated carbocycles. The molecule has 0 atom stereocenters. The Morgan fingerprint density at radius 1 is 1.11 bits per heavy atom. The predicted molar refractivity (Wildman–Crippen MR) is 108 cm³/mol. The zero-order valence-corrected chi connectivity index (χ0v) is 15.7. The van der Waals surface area contributed by atoms with Crippen molar-refractivity contribution in [1.82, 2.24) is 10.3 Å². The molecule has 2 N–H and O–H groups in total. The number of nitrogens with one attached hydrogen (secondary N) is 2. The summed E-state index contributed by atoms with van der Waals surface area (Å²) in [6.45, 7) is 0.533. The number of ether oxygens (including phenoxy) is 1. The molecule has 0 spiro atoms. The average molecular weight is 382 g/mol. The van der Waals surface area contributed by atoms with Crippen LogP contribution < -0.4 is 15.4 Å². The van der Waals surface area contributed by atoms with E-state index in [0.29, 0.717) is 22.9 Å². The molecule has 0 unspecified atom stereocenters. The number of pyridine rings is 1. The smallest absolute Gasteiger partial charge is 0.252 e. The Morgan fingerprint density at radius 2 is 1.93 bits per heavy atom. The third-order valence-corrected chi connectivity index (χ3v) is 4.21. The molecular formula is C21H20ClN3O2. The average Bonchev–Trinajstić information content (AvgIpc) is 2.69. The first-order valence-electron chi connectivity index (χ1n) is 8.54. The van der Waals surface area contributed by atoms with Crippen LogP contribution in [0.2, 0.25) is 5.02 Å². The van der Waals surface area contributed by atoms with Gasteiger partial charge in [-0.3, -0.25) is 4.79 Å². The Balaban J connectivity index is 1.52. The lowest BCUT2D eigenvalue weighted by Crippen LogP contribution is -2.25. The molecule has 3 rings (SSSR count). The quantitative estimate of drug-likeness (QED) is 0.634. The first-order chi connectivity index (χ1) is 13.1. The number of rotatable bonds is 7. The first-order valence-corrected chi connectivity index (χ1v) is 8.91. The summed E-state index contributed by atoms with van der Waals surface area (Å²) < 4.78 is 5.13. The zero-order chi connectivity index (χ0) is 19.1. The minimum Gasteiger partial charge on any atom is -0.497 e. The van der Waals surface area contributed by atoms with Gasteiger partial charge in [-0.2, -0.15) is 0 Å². The van der Waals surface area contributed by atoms with E-state index >= 15 is 0 Å². The van der Waals surface area contributed by atoms with E-state index in [0.717, 1.165) is 23.4 Å². The molecule has 1 amide bonds. The number of amides is 1. The molecule has 0 aliphatic carbocycles. The number of halogens is 1. The van der Waals surface area contributed by atoms with Crippen LogP contribution in [-0.4, -0.2) is 24.5 Å². The minimum absolute atomic E-state index is 0.152. The molecule has 0 radical (unpaired) electrons. The maximum atomic E-state index is 12.2. The highest BCUT2D eigenvalue weighted by Crippen LogP contribution is 2.18. The molecule has 138 valence electrons. The van der Waals surface area contributed by atoms with E-state index in [-0.39, 0.29) is 5.91 Å². The largest absolute Gasteiger partial charge is 0.497 e. The van der Waals surface area contributed by atoms with Crippen molar-refractivity contribution in [2.45, 2.75) is 6.42 Å². The lowest BCUT2D eigenvalue weighted by atomic mass is 10.1. The Kier molecular flexibility index (Phi) is 6.28. The molecule has 1 heterocycles. The van der Waals surface area contributed by atoms with Gasteiger partial charge in [0.25, 0.3) is 5.91 Å². The van der Waals surface area contributed by atoms with E-state index in [9.17, 15) is 4.79 Å². The third kappa shape index (κ3) is 5.46. The molecule has 0 bridgehead atoms. The summed E-state index contributed by atoms with van der Waals surface area (Å²) in [5, 5.41) is 6.77. The summed E-state index contributed by atoms with van der Waals surface area (Å²) in [6.07, 6.45) is 2.28. The van der Waals surface area contributed by atoms with Gasteiger partial charge in [0.2, 0.25) is 0 Å². The predicted octanol–water partition coefficient (Wildman–Crippen LogP) is 4.46. The molecule has 0 saturated heterocycles. The van der Waals surface area contributed by atoms with Gasteiger partial charge in [-0.25, -0.2) is 4.98 Å². The van der Waals surface area contributed by atoms with Gasteiger partial charge in [-0.1, -0.05) is 23.7 Å². The number of carbonyl (C=O) groups excluding carboxylic acids is 1. The van der Waals surface area contributed by atoms with Crippen LogP contribution in [0.25, 0.3) is 0 Å². The van der Waals surface area contributed by atoms with Crippen LogP contribution in [-0.2, 0) is 6.42 Å². The molecule has 3 aromatic rings. The van der Waals surface area contributed by atoms with E-state index < -0.39 is 0 Å². The van der Waals surface area contributed by atoms with Crippen LogP contribution >= 0.6 is 11.6 Å². The number of carbonyl (C=O) groups is 1. The van der Waals surface area contributed by atoms with Crippen LogP contribution in [0.3, 0.4) is 0 Å². The van der Waals surface area contributed by atoms with Gasteiger partial charge in [-0.05, 0) is 60.5 Å². The van der Waals surface area contributed by atoms with Crippen molar-refractivity contribution in [1.29, 1.82) is 0 Å². The van der Waals surface area contributed by atoms with Crippen molar-refractivity contribution in [2.75, 3.05) is 19.0 Å². The number of nitrogens with zero attached hydrogens (tertiary/aromatic N) is 1. The number of hydrogen-bond acceptors (Lipinski definition) is 4. The summed E-state index contributed by atoms with van der Waals surface area (Å²) >= 11 is 5.96. The van der Waals surface area contributed by atoms with E-state index in [4.69, 9.17) is 16.3 Å². The summed E-state index contributed by atoms with van der Waals surface area (Å²) in [5.41, 5.74) is 2.49. The van der Waals surface area contributed by atoms with Gasteiger partial charge in [0.15, 0.2) is 0 Å². The summed E-state index contributed by atoms with van der Waals surface area (Å²) in [4.78, 5) is 16.5. The highest BCUT2D eigenvalue weighted by molar-refractivity contribution is 6.30. The molecule has 6 heteroatoms. The van der Waals surface area contributed by atoms with E-state index in [2.05, 4.69) is 15.6 Å². The number of benzene rings is 2. The monoisotopic (exact) mass is 381 g/mol. The molecular weight excluding hydrogens is 362 g/mol. The van der Waals surface area contributed by atoms with Crippen molar-refractivity contribution >= 4 is 29.0 Å². The summed E-state index contributed by atoms with van der Waals surface area (Å²) in [7, 11) is 1.63. The second-order valence-corrected chi connectivity index (χ2v) is 6.36. The Hall–Kier alpha value is -3.05. The van der Waals surface area contributed by atoms with Gasteiger partial charge >= 0.3 is 0 Å². The molecule has 2 aromatic carbocycles. The molecule has 0 fully saturated rings. The van der Waals surface area contributed by atoms with Gasteiger partial charge in [0, 0.05) is 23.5 Å². The van der Waals surface area contributed by atoms with Crippen LogP contribution in [0.5, 0.6) is 5.75 Å². The van der Waals surface area contributed by atoms with Crippen molar-refractivity contribution < 1.29 is 9.53 Å². The van der Waals surface area contributed by atoms with Crippen molar-refractivity contribution in [3.8, 4) is 5.75 Å². The molecule has 1 aromatic heterocycles. The SMILES string of the molecule is COc1ccc(Nc2ccc(C(=O)NCCc3cccc(Cl)c3)cn2)cc1. The normalized spacial score (nSPS) is 10.3. The van der Waals surface area contributed by atoms with Crippen LogP contribution in [0, 0.1) is 0 Å². The first kappa shape index (κ1) is 18.7. The maximum Gasteiger partial charge on any atom is 0.252 e. The van der Waals surface area contributed by atoms with Crippen LogP contribution in [0.15, 0.2) is 66.9 Å². The second-order valence-electron chi connectivity index (χ2n) is 5.92. The lowest BCUT2D eigenvalue weighted by Gasteiger charge is -2.08. The number of hydrogen-bond donors (Lipinski definition) is 2. The topological polar surface area (TPSA) is 63.2 Å². The number of anilines is 2. The van der Waals surface area contributed by atoms with Gasteiger partial charge in [-0.15, -0.1) is 0 Å². The Bertz CT molecular complexity index is 896. The fraction of sp³-hybridized carbons (Fsp3) is 0.143. The van der Waals surface area contributed by atoms with Crippen LogP contribution in [0.4, 0.5) is 11.5 Å². The Labute approximate surface area is 163 Å². The maximum absolute atomic E-state index is 12.2. The highest BCUT2D eigenvalue weighted by Gasteiger charge is 2.06. The van der Waals surface area contributed by atoms with Crippen molar-refractivity contribution in [2.24, 2.45) is 0 Å². The number of methoxy groups -OCH3 is 1. The van der Waals surface area contributed by atoms with E-state index in [1.807, 2.05) is 48.5 Å². The number of aromatic nitrogens is 1. The summed E-state index contributed by atoms with van der Waals surface area (Å²) in [6, 6.07) is 18.7. The fourth-order valence-corrected chi connectivity index (χ4v) is 2.75. The van der Waals surface area contributed by atoms with Gasteiger partial charge in [0.05, 0.1) is 12.7 Å². The van der Waals surface area contributed by atoms with Crippen molar-refractivity contribution in [3.05, 3.63) is 83.0 Å². The highest BCUT2D eigenvalue weighted by atomic mass is 35.5.